The SMILES string of the molecule is C=[P+](P)CC. The van der Waals surface area contributed by atoms with E-state index in [-0.39, 0.29) is 7.23 Å². The Labute approximate surface area is 36.5 Å². The van der Waals surface area contributed by atoms with Crippen molar-refractivity contribution in [3.8, 4) is 0 Å². The van der Waals surface area contributed by atoms with Crippen LogP contribution in [0, 0.1) is 0 Å². The van der Waals surface area contributed by atoms with Crippen molar-refractivity contribution in [3.63, 3.8) is 0 Å². The third-order valence-electron chi connectivity index (χ3n) is 0.406. The summed E-state index contributed by atoms with van der Waals surface area (Å²) in [7, 11) is 2.76. The molecule has 0 radical (unpaired) electrons. The van der Waals surface area contributed by atoms with E-state index in [1.54, 1.807) is 0 Å². The molecule has 0 aliphatic rings. The van der Waals surface area contributed by atoms with E-state index in [2.05, 4.69) is 22.2 Å². The molecule has 0 nitrogen and oxygen atoms in total. The molecule has 2 atom stereocenters. The molecule has 2 unspecified atom stereocenters. The minimum absolute atomic E-state index is 0.0684. The average molecular weight is 107 g/mol. The topological polar surface area (TPSA) is 0 Å². The zero-order valence-corrected chi connectivity index (χ0v) is 5.49. The Morgan fingerprint density at radius 1 is 2.00 bits per heavy atom. The molecule has 0 saturated heterocycles. The van der Waals surface area contributed by atoms with Crippen molar-refractivity contribution in [2.45, 2.75) is 6.92 Å². The van der Waals surface area contributed by atoms with Gasteiger partial charge >= 0.3 is 0 Å². The second-order valence-corrected chi connectivity index (χ2v) is 4.91. The van der Waals surface area contributed by atoms with Crippen LogP contribution in [0.5, 0.6) is 0 Å². The second-order valence-electron chi connectivity index (χ2n) is 0.905. The molecule has 0 N–H and O–H groups in total. The van der Waals surface area contributed by atoms with E-state index in [1.807, 2.05) is 0 Å². The maximum Gasteiger partial charge on any atom is 0.105 e. The maximum atomic E-state index is 3.78. The van der Waals surface area contributed by atoms with E-state index in [0.717, 1.165) is 0 Å². The molecule has 0 aromatic rings. The molecule has 0 aliphatic heterocycles. The summed E-state index contributed by atoms with van der Waals surface area (Å²) in [6.07, 6.45) is 5.01. The summed E-state index contributed by atoms with van der Waals surface area (Å²) in [6.45, 7) is 2.14. The Morgan fingerprint density at radius 2 is 2.20 bits per heavy atom. The molecular weight excluding hydrogens is 98.0 g/mol. The van der Waals surface area contributed by atoms with Crippen molar-refractivity contribution >= 4 is 22.5 Å². The van der Waals surface area contributed by atoms with Gasteiger partial charge in [-0.3, -0.25) is 0 Å². The summed E-state index contributed by atoms with van der Waals surface area (Å²) in [5, 5.41) is 0. The van der Waals surface area contributed by atoms with Gasteiger partial charge in [0.05, 0.1) is 22.5 Å². The van der Waals surface area contributed by atoms with E-state index in [1.165, 1.54) is 6.16 Å². The van der Waals surface area contributed by atoms with Crippen molar-refractivity contribution in [1.82, 2.24) is 0 Å². The summed E-state index contributed by atoms with van der Waals surface area (Å²) in [5.41, 5.74) is 0. The Kier molecular flexibility index (Phi) is 3.16. The largest absolute Gasteiger partial charge is 0.105 e. The smallest absolute Gasteiger partial charge is 0.0241 e. The number of rotatable bonds is 1. The summed E-state index contributed by atoms with van der Waals surface area (Å²) in [6, 6.07) is 0. The second kappa shape index (κ2) is 2.82. The van der Waals surface area contributed by atoms with E-state index < -0.39 is 0 Å². The van der Waals surface area contributed by atoms with Crippen molar-refractivity contribution in [3.05, 3.63) is 0 Å². The van der Waals surface area contributed by atoms with Gasteiger partial charge in [0, 0.05) is 0 Å². The van der Waals surface area contributed by atoms with Crippen LogP contribution in [0.15, 0.2) is 0 Å². The van der Waals surface area contributed by atoms with Crippen LogP contribution in [-0.4, -0.2) is 12.5 Å². The highest BCUT2D eigenvalue weighted by atomic mass is 32.0. The fraction of sp³-hybridized carbons (Fsp3) is 0.667. The fourth-order valence-corrected chi connectivity index (χ4v) is 0. The first kappa shape index (κ1) is 5.60. The molecule has 0 aromatic heterocycles. The zero-order valence-electron chi connectivity index (χ0n) is 3.44. The molecule has 0 heterocycles. The Morgan fingerprint density at radius 3 is 2.20 bits per heavy atom. The first-order chi connectivity index (χ1) is 2.27. The molecule has 30 valence electrons. The molecule has 5 heavy (non-hydrogen) atoms. The van der Waals surface area contributed by atoms with Crippen LogP contribution < -0.4 is 0 Å². The zero-order chi connectivity index (χ0) is 4.28. The fourth-order valence-electron chi connectivity index (χ4n) is 0. The van der Waals surface area contributed by atoms with E-state index >= 15 is 0 Å². The van der Waals surface area contributed by atoms with Gasteiger partial charge < -0.3 is 0 Å². The first-order valence-corrected chi connectivity index (χ1v) is 4.93. The summed E-state index contributed by atoms with van der Waals surface area (Å²) in [4.78, 5) is 0. The lowest BCUT2D eigenvalue weighted by Crippen LogP contribution is -1.48. The summed E-state index contributed by atoms with van der Waals surface area (Å²) >= 11 is 0. The van der Waals surface area contributed by atoms with E-state index in [0.29, 0.717) is 0 Å². The van der Waals surface area contributed by atoms with Crippen LogP contribution in [-0.2, 0) is 0 Å². The van der Waals surface area contributed by atoms with Gasteiger partial charge in [-0.15, -0.1) is 0 Å². The Balaban J connectivity index is 2.85. The number of hydrogen-bond acceptors (Lipinski definition) is 0. The van der Waals surface area contributed by atoms with E-state index in [4.69, 9.17) is 0 Å². The molecule has 0 amide bonds. The summed E-state index contributed by atoms with van der Waals surface area (Å²) < 4.78 is 0. The van der Waals surface area contributed by atoms with Gasteiger partial charge in [-0.05, 0) is 6.92 Å². The van der Waals surface area contributed by atoms with Crippen LogP contribution in [0.3, 0.4) is 0 Å². The molecule has 0 spiro atoms. The van der Waals surface area contributed by atoms with Crippen LogP contribution in [0.2, 0.25) is 0 Å². The standard InChI is InChI=1S/C3H9P2/c1-3-5(2)4/h2-4H2,1H3/q+1. The molecule has 0 aromatic carbocycles. The van der Waals surface area contributed by atoms with Gasteiger partial charge in [0.1, 0.15) is 6.16 Å². The highest BCUT2D eigenvalue weighted by Gasteiger charge is 1.82. The third kappa shape index (κ3) is 4.60. The monoisotopic (exact) mass is 107 g/mol. The first-order valence-electron chi connectivity index (χ1n) is 1.60. The van der Waals surface area contributed by atoms with Crippen molar-refractivity contribution in [1.29, 1.82) is 0 Å². The van der Waals surface area contributed by atoms with Gasteiger partial charge in [0.25, 0.3) is 0 Å². The van der Waals surface area contributed by atoms with Crippen molar-refractivity contribution in [2.24, 2.45) is 0 Å². The van der Waals surface area contributed by atoms with Gasteiger partial charge in [-0.1, -0.05) is 0 Å². The molecule has 0 saturated carbocycles. The lowest BCUT2D eigenvalue weighted by molar-refractivity contribution is 1.53. The minimum atomic E-state index is 0.0684. The highest BCUT2D eigenvalue weighted by Crippen LogP contribution is 2.27. The molecule has 0 bridgehead atoms. The summed E-state index contributed by atoms with van der Waals surface area (Å²) in [5.74, 6) is 0. The predicted octanol–water partition coefficient (Wildman–Crippen LogP) is 1.71. The molecule has 0 rings (SSSR count). The Bertz CT molecular complexity index is 40.2. The normalized spacial score (nSPS) is 11.2. The highest BCUT2D eigenvalue weighted by molar-refractivity contribution is 8.11. The maximum absolute atomic E-state index is 3.78. The van der Waals surface area contributed by atoms with Crippen LogP contribution in [0.4, 0.5) is 0 Å². The number of hydrogen-bond donors (Lipinski definition) is 0. The quantitative estimate of drug-likeness (QED) is 0.447. The lowest BCUT2D eigenvalue weighted by Gasteiger charge is -1.65. The third-order valence-corrected chi connectivity index (χ3v) is 2.31. The van der Waals surface area contributed by atoms with Gasteiger partial charge in [-0.2, -0.15) is 0 Å². The molecule has 0 fully saturated rings. The van der Waals surface area contributed by atoms with Crippen LogP contribution in [0.25, 0.3) is 0 Å². The Hall–Kier alpha value is 0.600. The molecule has 2 heteroatoms. The van der Waals surface area contributed by atoms with Gasteiger partial charge in [0.2, 0.25) is 0 Å². The average Bonchev–Trinajstić information content (AvgIpc) is 1.38. The van der Waals surface area contributed by atoms with Gasteiger partial charge in [-0.25, -0.2) is 0 Å². The van der Waals surface area contributed by atoms with E-state index in [9.17, 15) is 0 Å². The minimum Gasteiger partial charge on any atom is -0.0241 e. The predicted molar refractivity (Wildman–Crippen MR) is 34.3 cm³/mol. The molecular formula is C3H9P2+. The van der Waals surface area contributed by atoms with Gasteiger partial charge in [0.15, 0.2) is 0 Å². The van der Waals surface area contributed by atoms with Crippen LogP contribution in [0.1, 0.15) is 6.92 Å². The van der Waals surface area contributed by atoms with Crippen LogP contribution >= 0.6 is 16.2 Å². The molecule has 0 aliphatic carbocycles. The lowest BCUT2D eigenvalue weighted by atomic mass is 11.0. The van der Waals surface area contributed by atoms with Crippen molar-refractivity contribution in [2.75, 3.05) is 6.16 Å². The van der Waals surface area contributed by atoms with Crippen molar-refractivity contribution < 1.29 is 0 Å².